The van der Waals surface area contributed by atoms with Crippen molar-refractivity contribution in [1.82, 2.24) is 4.98 Å². The molecule has 0 bridgehead atoms. The number of rotatable bonds is 4. The minimum atomic E-state index is 0.671. The van der Waals surface area contributed by atoms with Gasteiger partial charge in [0, 0.05) is 11.8 Å². The summed E-state index contributed by atoms with van der Waals surface area (Å²) in [5, 5.41) is 0. The van der Waals surface area contributed by atoms with Gasteiger partial charge in [0.05, 0.1) is 12.3 Å². The van der Waals surface area contributed by atoms with Crippen LogP contribution in [0, 0.1) is 0 Å². The minimum absolute atomic E-state index is 0.671. The Labute approximate surface area is 102 Å². The molecule has 1 heterocycles. The van der Waals surface area contributed by atoms with E-state index in [1.54, 1.807) is 0 Å². The van der Waals surface area contributed by atoms with Gasteiger partial charge >= 0.3 is 0 Å². The monoisotopic (exact) mass is 227 g/mol. The van der Waals surface area contributed by atoms with Gasteiger partial charge in [-0.1, -0.05) is 25.1 Å². The van der Waals surface area contributed by atoms with Crippen molar-refractivity contribution in [1.29, 1.82) is 0 Å². The second-order valence-corrected chi connectivity index (χ2v) is 3.83. The molecule has 0 saturated heterocycles. The summed E-state index contributed by atoms with van der Waals surface area (Å²) in [6.45, 7) is 4.79. The van der Waals surface area contributed by atoms with Crippen LogP contribution in [-0.2, 0) is 6.42 Å². The van der Waals surface area contributed by atoms with Gasteiger partial charge in [-0.25, -0.2) is 0 Å². The third-order valence-electron chi connectivity index (χ3n) is 2.70. The second-order valence-electron chi connectivity index (χ2n) is 3.83. The zero-order valence-corrected chi connectivity index (χ0v) is 10.3. The lowest BCUT2D eigenvalue weighted by molar-refractivity contribution is 0.341. The number of pyridine rings is 1. The van der Waals surface area contributed by atoms with E-state index in [2.05, 4.69) is 24.0 Å². The molecule has 0 fully saturated rings. The van der Waals surface area contributed by atoms with Crippen LogP contribution in [0.3, 0.4) is 0 Å². The first-order valence-corrected chi connectivity index (χ1v) is 6.02. The highest BCUT2D eigenvalue weighted by Gasteiger charge is 2.06. The second kappa shape index (κ2) is 5.48. The molecule has 1 aromatic carbocycles. The molecule has 0 aliphatic heterocycles. The van der Waals surface area contributed by atoms with Crippen LogP contribution in [-0.4, -0.2) is 11.6 Å². The third kappa shape index (κ3) is 2.64. The van der Waals surface area contributed by atoms with E-state index in [9.17, 15) is 0 Å². The lowest BCUT2D eigenvalue weighted by Gasteiger charge is -2.09. The SMILES string of the molecule is CCOc1ccccc1-c1ccc(CC)cn1. The molecular weight excluding hydrogens is 210 g/mol. The summed E-state index contributed by atoms with van der Waals surface area (Å²) < 4.78 is 5.61. The lowest BCUT2D eigenvalue weighted by atomic mass is 10.1. The summed E-state index contributed by atoms with van der Waals surface area (Å²) in [7, 11) is 0. The molecule has 0 atom stereocenters. The largest absolute Gasteiger partial charge is 0.493 e. The van der Waals surface area contributed by atoms with E-state index in [1.165, 1.54) is 5.56 Å². The van der Waals surface area contributed by atoms with Crippen LogP contribution in [0.2, 0.25) is 0 Å². The predicted molar refractivity (Wildman–Crippen MR) is 70.2 cm³/mol. The Morgan fingerprint density at radius 1 is 1.06 bits per heavy atom. The summed E-state index contributed by atoms with van der Waals surface area (Å²) >= 11 is 0. The van der Waals surface area contributed by atoms with Crippen molar-refractivity contribution < 1.29 is 4.74 Å². The van der Waals surface area contributed by atoms with E-state index in [0.29, 0.717) is 6.61 Å². The molecule has 2 aromatic rings. The highest BCUT2D eigenvalue weighted by molar-refractivity contribution is 5.66. The summed E-state index contributed by atoms with van der Waals surface area (Å²) in [5.74, 6) is 0.895. The quantitative estimate of drug-likeness (QED) is 0.794. The molecule has 0 N–H and O–H groups in total. The summed E-state index contributed by atoms with van der Waals surface area (Å²) in [4.78, 5) is 4.48. The molecule has 0 saturated carbocycles. The fraction of sp³-hybridized carbons (Fsp3) is 0.267. The number of para-hydroxylation sites is 1. The first kappa shape index (κ1) is 11.6. The molecule has 2 nitrogen and oxygen atoms in total. The number of hydrogen-bond donors (Lipinski definition) is 0. The topological polar surface area (TPSA) is 22.1 Å². The zero-order valence-electron chi connectivity index (χ0n) is 10.3. The lowest BCUT2D eigenvalue weighted by Crippen LogP contribution is -1.95. The van der Waals surface area contributed by atoms with Gasteiger partial charge in [0.25, 0.3) is 0 Å². The Hall–Kier alpha value is -1.83. The fourth-order valence-electron chi connectivity index (χ4n) is 1.75. The molecule has 0 spiro atoms. The molecule has 2 rings (SSSR count). The van der Waals surface area contributed by atoms with Gasteiger partial charge < -0.3 is 4.74 Å². The van der Waals surface area contributed by atoms with E-state index < -0.39 is 0 Å². The van der Waals surface area contributed by atoms with Gasteiger partial charge in [0.15, 0.2) is 0 Å². The van der Waals surface area contributed by atoms with E-state index in [1.807, 2.05) is 37.4 Å². The number of aryl methyl sites for hydroxylation is 1. The molecular formula is C15H17NO. The number of benzene rings is 1. The molecule has 2 heteroatoms. The number of nitrogens with zero attached hydrogens (tertiary/aromatic N) is 1. The Bertz CT molecular complexity index is 477. The molecule has 88 valence electrons. The average molecular weight is 227 g/mol. The van der Waals surface area contributed by atoms with Gasteiger partial charge in [0.1, 0.15) is 5.75 Å². The van der Waals surface area contributed by atoms with E-state index >= 15 is 0 Å². The number of hydrogen-bond acceptors (Lipinski definition) is 2. The van der Waals surface area contributed by atoms with Crippen LogP contribution in [0.5, 0.6) is 5.75 Å². The van der Waals surface area contributed by atoms with Crippen molar-refractivity contribution >= 4 is 0 Å². The van der Waals surface area contributed by atoms with Gasteiger partial charge in [-0.3, -0.25) is 4.98 Å². The highest BCUT2D eigenvalue weighted by Crippen LogP contribution is 2.28. The van der Waals surface area contributed by atoms with E-state index in [-0.39, 0.29) is 0 Å². The Morgan fingerprint density at radius 3 is 2.53 bits per heavy atom. The predicted octanol–water partition coefficient (Wildman–Crippen LogP) is 3.71. The van der Waals surface area contributed by atoms with Gasteiger partial charge in [-0.15, -0.1) is 0 Å². The van der Waals surface area contributed by atoms with Crippen LogP contribution in [0.15, 0.2) is 42.6 Å². The van der Waals surface area contributed by atoms with Crippen molar-refractivity contribution in [3.05, 3.63) is 48.2 Å². The number of aromatic nitrogens is 1. The molecule has 0 aliphatic carbocycles. The molecule has 0 amide bonds. The van der Waals surface area contributed by atoms with E-state index in [0.717, 1.165) is 23.4 Å². The number of ether oxygens (including phenoxy) is 1. The smallest absolute Gasteiger partial charge is 0.128 e. The maximum atomic E-state index is 5.61. The normalized spacial score (nSPS) is 10.2. The summed E-state index contributed by atoms with van der Waals surface area (Å²) in [6.07, 6.45) is 2.94. The standard InChI is InChI=1S/C15H17NO/c1-3-12-9-10-14(16-11-12)13-7-5-6-8-15(13)17-4-2/h5-11H,3-4H2,1-2H3. The molecule has 0 radical (unpaired) electrons. The third-order valence-corrected chi connectivity index (χ3v) is 2.70. The van der Waals surface area contributed by atoms with Crippen molar-refractivity contribution in [3.8, 4) is 17.0 Å². The van der Waals surface area contributed by atoms with Gasteiger partial charge in [-0.2, -0.15) is 0 Å². The first-order valence-electron chi connectivity index (χ1n) is 6.02. The van der Waals surface area contributed by atoms with Crippen molar-refractivity contribution in [3.63, 3.8) is 0 Å². The van der Waals surface area contributed by atoms with E-state index in [4.69, 9.17) is 4.74 Å². The summed E-state index contributed by atoms with van der Waals surface area (Å²) in [6, 6.07) is 12.2. The average Bonchev–Trinajstić information content (AvgIpc) is 2.40. The fourth-order valence-corrected chi connectivity index (χ4v) is 1.75. The maximum Gasteiger partial charge on any atom is 0.128 e. The van der Waals surface area contributed by atoms with Gasteiger partial charge in [0.2, 0.25) is 0 Å². The van der Waals surface area contributed by atoms with Crippen LogP contribution in [0.25, 0.3) is 11.3 Å². The van der Waals surface area contributed by atoms with Crippen molar-refractivity contribution in [2.24, 2.45) is 0 Å². The Balaban J connectivity index is 2.37. The molecule has 0 aliphatic rings. The van der Waals surface area contributed by atoms with Crippen LogP contribution < -0.4 is 4.74 Å². The summed E-state index contributed by atoms with van der Waals surface area (Å²) in [5.41, 5.74) is 3.27. The van der Waals surface area contributed by atoms with Crippen LogP contribution in [0.4, 0.5) is 0 Å². The molecule has 0 unspecified atom stereocenters. The van der Waals surface area contributed by atoms with Gasteiger partial charge in [-0.05, 0) is 37.1 Å². The Morgan fingerprint density at radius 2 is 1.88 bits per heavy atom. The zero-order chi connectivity index (χ0) is 12.1. The maximum absolute atomic E-state index is 5.61. The highest BCUT2D eigenvalue weighted by atomic mass is 16.5. The van der Waals surface area contributed by atoms with Crippen molar-refractivity contribution in [2.75, 3.05) is 6.61 Å². The minimum Gasteiger partial charge on any atom is -0.493 e. The van der Waals surface area contributed by atoms with Crippen LogP contribution in [0.1, 0.15) is 19.4 Å². The molecule has 17 heavy (non-hydrogen) atoms. The van der Waals surface area contributed by atoms with Crippen molar-refractivity contribution in [2.45, 2.75) is 20.3 Å². The Kier molecular flexibility index (Phi) is 3.76. The van der Waals surface area contributed by atoms with Crippen LogP contribution >= 0.6 is 0 Å². The first-order chi connectivity index (χ1) is 8.35. The molecule has 1 aromatic heterocycles.